The van der Waals surface area contributed by atoms with Crippen LogP contribution in [0.3, 0.4) is 0 Å². The summed E-state index contributed by atoms with van der Waals surface area (Å²) in [6.45, 7) is 9.96. The number of hydrogen-bond acceptors (Lipinski definition) is 4. The van der Waals surface area contributed by atoms with Crippen molar-refractivity contribution >= 4 is 5.82 Å². The molecule has 4 heteroatoms. The Morgan fingerprint density at radius 1 is 1.24 bits per heavy atom. The fourth-order valence-electron chi connectivity index (χ4n) is 1.81. The maximum Gasteiger partial charge on any atom is 0.147 e. The Bertz CT molecular complexity index is 355. The minimum absolute atomic E-state index is 0.108. The van der Waals surface area contributed by atoms with Gasteiger partial charge in [0.15, 0.2) is 0 Å². The lowest BCUT2D eigenvalue weighted by atomic mass is 9.87. The zero-order valence-corrected chi connectivity index (χ0v) is 10.9. The molecular weight excluding hydrogens is 214 g/mol. The van der Waals surface area contributed by atoms with Crippen molar-refractivity contribution in [1.82, 2.24) is 9.97 Å². The Hall–Kier alpha value is -1.16. The van der Waals surface area contributed by atoms with Crippen LogP contribution in [0.5, 0.6) is 0 Å². The third-order valence-corrected chi connectivity index (χ3v) is 3.55. The molecule has 0 N–H and O–H groups in total. The molecule has 0 amide bonds. The van der Waals surface area contributed by atoms with Gasteiger partial charge in [0.1, 0.15) is 5.82 Å². The van der Waals surface area contributed by atoms with Gasteiger partial charge in [-0.1, -0.05) is 20.8 Å². The summed E-state index contributed by atoms with van der Waals surface area (Å²) in [5, 5.41) is 0. The predicted molar refractivity (Wildman–Crippen MR) is 68.4 cm³/mol. The van der Waals surface area contributed by atoms with Crippen molar-refractivity contribution in [1.29, 1.82) is 0 Å². The largest absolute Gasteiger partial charge is 0.378 e. The molecule has 0 bridgehead atoms. The molecule has 1 aromatic heterocycles. The third kappa shape index (κ3) is 2.75. The molecule has 2 heterocycles. The Morgan fingerprint density at radius 2 is 1.94 bits per heavy atom. The summed E-state index contributed by atoms with van der Waals surface area (Å²) >= 11 is 0. The highest BCUT2D eigenvalue weighted by atomic mass is 16.5. The van der Waals surface area contributed by atoms with Crippen LogP contribution < -0.4 is 4.90 Å². The van der Waals surface area contributed by atoms with Crippen LogP contribution in [0.1, 0.15) is 32.9 Å². The average molecular weight is 235 g/mol. The van der Waals surface area contributed by atoms with Gasteiger partial charge in [0.05, 0.1) is 31.3 Å². The van der Waals surface area contributed by atoms with Gasteiger partial charge in [-0.25, -0.2) is 4.98 Å². The van der Waals surface area contributed by atoms with E-state index in [1.165, 1.54) is 0 Å². The molecule has 1 fully saturated rings. The van der Waals surface area contributed by atoms with Crippen molar-refractivity contribution in [3.8, 4) is 0 Å². The number of hydrogen-bond donors (Lipinski definition) is 0. The first-order valence-electron chi connectivity index (χ1n) is 6.29. The molecule has 1 aliphatic heterocycles. The minimum atomic E-state index is 0.108. The lowest BCUT2D eigenvalue weighted by Gasteiger charge is -2.28. The Balaban J connectivity index is 2.12. The van der Waals surface area contributed by atoms with Crippen molar-refractivity contribution in [2.45, 2.75) is 32.6 Å². The lowest BCUT2D eigenvalue weighted by molar-refractivity contribution is 0.122. The number of rotatable bonds is 3. The Kier molecular flexibility index (Phi) is 3.62. The van der Waals surface area contributed by atoms with E-state index in [0.29, 0.717) is 0 Å². The molecule has 94 valence electrons. The summed E-state index contributed by atoms with van der Waals surface area (Å²) in [4.78, 5) is 11.3. The van der Waals surface area contributed by atoms with Crippen molar-refractivity contribution in [2.75, 3.05) is 31.2 Å². The Labute approximate surface area is 103 Å². The van der Waals surface area contributed by atoms with E-state index in [1.807, 2.05) is 12.4 Å². The molecule has 17 heavy (non-hydrogen) atoms. The maximum atomic E-state index is 5.33. The second-order valence-corrected chi connectivity index (χ2v) is 5.10. The van der Waals surface area contributed by atoms with Gasteiger partial charge in [0.25, 0.3) is 0 Å². The quantitative estimate of drug-likeness (QED) is 0.803. The summed E-state index contributed by atoms with van der Waals surface area (Å²) < 4.78 is 5.33. The van der Waals surface area contributed by atoms with Gasteiger partial charge in [-0.05, 0) is 6.42 Å². The molecule has 0 radical (unpaired) electrons. The van der Waals surface area contributed by atoms with Gasteiger partial charge in [-0.3, -0.25) is 4.98 Å². The standard InChI is InChI=1S/C13H21N3O/c1-4-13(2,3)11-9-15-12(10-14-11)16-5-7-17-8-6-16/h9-10H,4-8H2,1-3H3. The van der Waals surface area contributed by atoms with E-state index in [1.54, 1.807) is 0 Å². The van der Waals surface area contributed by atoms with E-state index >= 15 is 0 Å². The van der Waals surface area contributed by atoms with Gasteiger partial charge in [-0.2, -0.15) is 0 Å². The van der Waals surface area contributed by atoms with Crippen molar-refractivity contribution in [2.24, 2.45) is 0 Å². The molecule has 0 saturated carbocycles. The topological polar surface area (TPSA) is 38.2 Å². The molecule has 1 aromatic rings. The van der Waals surface area contributed by atoms with Crippen LogP contribution in [0.4, 0.5) is 5.82 Å². The van der Waals surface area contributed by atoms with E-state index < -0.39 is 0 Å². The van der Waals surface area contributed by atoms with E-state index in [0.717, 1.165) is 44.2 Å². The van der Waals surface area contributed by atoms with Crippen LogP contribution in [-0.2, 0) is 10.2 Å². The fourth-order valence-corrected chi connectivity index (χ4v) is 1.81. The highest BCUT2D eigenvalue weighted by Crippen LogP contribution is 2.24. The van der Waals surface area contributed by atoms with Gasteiger partial charge in [-0.15, -0.1) is 0 Å². The summed E-state index contributed by atoms with van der Waals surface area (Å²) in [6, 6.07) is 0. The zero-order chi connectivity index (χ0) is 12.3. The zero-order valence-electron chi connectivity index (χ0n) is 10.9. The monoisotopic (exact) mass is 235 g/mol. The van der Waals surface area contributed by atoms with E-state index in [4.69, 9.17) is 4.74 Å². The molecular formula is C13H21N3O. The molecule has 0 aromatic carbocycles. The number of aromatic nitrogens is 2. The fraction of sp³-hybridized carbons (Fsp3) is 0.692. The molecule has 0 unspecified atom stereocenters. The second-order valence-electron chi connectivity index (χ2n) is 5.10. The first-order chi connectivity index (χ1) is 8.13. The van der Waals surface area contributed by atoms with Crippen molar-refractivity contribution in [3.63, 3.8) is 0 Å². The van der Waals surface area contributed by atoms with Crippen LogP contribution in [0, 0.1) is 0 Å². The van der Waals surface area contributed by atoms with Crippen molar-refractivity contribution in [3.05, 3.63) is 18.1 Å². The van der Waals surface area contributed by atoms with E-state index in [2.05, 4.69) is 35.6 Å². The number of anilines is 1. The van der Waals surface area contributed by atoms with Crippen LogP contribution in [0.15, 0.2) is 12.4 Å². The highest BCUT2D eigenvalue weighted by Gasteiger charge is 2.21. The average Bonchev–Trinajstić information content (AvgIpc) is 2.40. The molecule has 0 aliphatic carbocycles. The van der Waals surface area contributed by atoms with E-state index in [-0.39, 0.29) is 5.41 Å². The first kappa shape index (κ1) is 12.3. The Morgan fingerprint density at radius 3 is 2.47 bits per heavy atom. The molecule has 0 spiro atoms. The molecule has 1 aliphatic rings. The summed E-state index contributed by atoms with van der Waals surface area (Å²) in [7, 11) is 0. The highest BCUT2D eigenvalue weighted by molar-refractivity contribution is 5.36. The molecule has 2 rings (SSSR count). The van der Waals surface area contributed by atoms with Gasteiger partial charge >= 0.3 is 0 Å². The van der Waals surface area contributed by atoms with Crippen molar-refractivity contribution < 1.29 is 4.74 Å². The predicted octanol–water partition coefficient (Wildman–Crippen LogP) is 2.00. The van der Waals surface area contributed by atoms with Crippen LogP contribution in [-0.4, -0.2) is 36.3 Å². The van der Waals surface area contributed by atoms with E-state index in [9.17, 15) is 0 Å². The molecule has 1 saturated heterocycles. The molecule has 0 atom stereocenters. The number of morpholine rings is 1. The van der Waals surface area contributed by atoms with Gasteiger partial charge in [0, 0.05) is 18.5 Å². The third-order valence-electron chi connectivity index (χ3n) is 3.55. The summed E-state index contributed by atoms with van der Waals surface area (Å²) in [5.74, 6) is 0.962. The van der Waals surface area contributed by atoms with Crippen LogP contribution in [0.25, 0.3) is 0 Å². The smallest absolute Gasteiger partial charge is 0.147 e. The summed E-state index contributed by atoms with van der Waals surface area (Å²) in [6.07, 6.45) is 4.87. The SMILES string of the molecule is CCC(C)(C)c1cnc(N2CCOCC2)cn1. The summed E-state index contributed by atoms with van der Waals surface area (Å²) in [5.41, 5.74) is 1.17. The lowest BCUT2D eigenvalue weighted by Crippen LogP contribution is -2.37. The van der Waals surface area contributed by atoms with Gasteiger partial charge < -0.3 is 9.64 Å². The van der Waals surface area contributed by atoms with Crippen LogP contribution >= 0.6 is 0 Å². The van der Waals surface area contributed by atoms with Crippen LogP contribution in [0.2, 0.25) is 0 Å². The first-order valence-corrected chi connectivity index (χ1v) is 6.29. The number of nitrogens with zero attached hydrogens (tertiary/aromatic N) is 3. The normalized spacial score (nSPS) is 17.2. The molecule has 4 nitrogen and oxygen atoms in total. The minimum Gasteiger partial charge on any atom is -0.378 e. The number of ether oxygens (including phenoxy) is 1. The second kappa shape index (κ2) is 5.00. The maximum absolute atomic E-state index is 5.33. The van der Waals surface area contributed by atoms with Gasteiger partial charge in [0.2, 0.25) is 0 Å².